The number of anilines is 1. The van der Waals surface area contributed by atoms with Gasteiger partial charge in [0.2, 0.25) is 0 Å². The fourth-order valence-electron chi connectivity index (χ4n) is 4.65. The van der Waals surface area contributed by atoms with E-state index in [-0.39, 0.29) is 11.4 Å². The molecule has 1 heterocycles. The number of rotatable bonds is 14. The lowest BCUT2D eigenvalue weighted by Gasteiger charge is -2.19. The van der Waals surface area contributed by atoms with Gasteiger partial charge in [0, 0.05) is 42.2 Å². The van der Waals surface area contributed by atoms with Crippen molar-refractivity contribution in [2.75, 3.05) is 11.9 Å². The second kappa shape index (κ2) is 15.1. The second-order valence-electron chi connectivity index (χ2n) is 11.8. The van der Waals surface area contributed by atoms with E-state index in [1.54, 1.807) is 23.9 Å². The summed E-state index contributed by atoms with van der Waals surface area (Å²) in [6.45, 7) is 11.6. The van der Waals surface area contributed by atoms with Crippen molar-refractivity contribution in [1.82, 2.24) is 14.8 Å². The molecule has 3 aromatic carbocycles. The van der Waals surface area contributed by atoms with E-state index in [1.807, 2.05) is 23.7 Å². The van der Waals surface area contributed by atoms with Crippen LogP contribution in [0.25, 0.3) is 11.4 Å². The standard InChI is InChI=1S/C35H44N4O3S/c1-7-8-9-10-11-22-41-32-23-31(21-14-27(32)24-36-29-17-19-30(20-18-29)42-25(2)40)43-34-38-37-33(39(34)6)26-12-15-28(16-13-26)35(3,4)5/h12-21,23,36H,7-11,22,24H2,1-6H3. The molecule has 0 fully saturated rings. The van der Waals surface area contributed by atoms with E-state index in [9.17, 15) is 4.79 Å². The predicted molar refractivity (Wildman–Crippen MR) is 175 cm³/mol. The fourth-order valence-corrected chi connectivity index (χ4v) is 5.47. The zero-order valence-electron chi connectivity index (χ0n) is 26.3. The van der Waals surface area contributed by atoms with Crippen molar-refractivity contribution in [2.24, 2.45) is 7.05 Å². The summed E-state index contributed by atoms with van der Waals surface area (Å²) in [5.74, 6) is 1.90. The Morgan fingerprint density at radius 1 is 0.930 bits per heavy atom. The van der Waals surface area contributed by atoms with Crippen molar-refractivity contribution < 1.29 is 14.3 Å². The second-order valence-corrected chi connectivity index (χ2v) is 12.8. The first-order valence-electron chi connectivity index (χ1n) is 15.1. The Morgan fingerprint density at radius 3 is 2.33 bits per heavy atom. The van der Waals surface area contributed by atoms with Crippen LogP contribution in [0.4, 0.5) is 5.69 Å². The molecule has 0 saturated heterocycles. The molecule has 0 atom stereocenters. The maximum absolute atomic E-state index is 11.2. The van der Waals surface area contributed by atoms with Gasteiger partial charge in [0.25, 0.3) is 0 Å². The van der Waals surface area contributed by atoms with E-state index < -0.39 is 0 Å². The van der Waals surface area contributed by atoms with Crippen LogP contribution in [0.2, 0.25) is 0 Å². The third kappa shape index (κ3) is 9.35. The minimum atomic E-state index is -0.331. The SMILES string of the molecule is CCCCCCCOc1cc(Sc2nnc(-c3ccc(C(C)(C)C)cc3)n2C)ccc1CNc1ccc(OC(C)=O)cc1. The third-order valence-electron chi connectivity index (χ3n) is 7.20. The summed E-state index contributed by atoms with van der Waals surface area (Å²) in [5, 5.41) is 13.3. The zero-order chi connectivity index (χ0) is 30.8. The van der Waals surface area contributed by atoms with Gasteiger partial charge in [0.15, 0.2) is 11.0 Å². The van der Waals surface area contributed by atoms with Gasteiger partial charge in [-0.15, -0.1) is 10.2 Å². The molecule has 43 heavy (non-hydrogen) atoms. The predicted octanol–water partition coefficient (Wildman–Crippen LogP) is 8.82. The summed E-state index contributed by atoms with van der Waals surface area (Å²) >= 11 is 1.58. The molecule has 0 aliphatic heterocycles. The fraction of sp³-hybridized carbons (Fsp3) is 0.400. The molecule has 0 spiro atoms. The first-order chi connectivity index (χ1) is 20.6. The van der Waals surface area contributed by atoms with E-state index in [2.05, 4.69) is 85.7 Å². The molecule has 1 N–H and O–H groups in total. The highest BCUT2D eigenvalue weighted by Gasteiger charge is 2.17. The Hall–Kier alpha value is -3.78. The van der Waals surface area contributed by atoms with E-state index in [4.69, 9.17) is 9.47 Å². The summed E-state index contributed by atoms with van der Waals surface area (Å²) in [7, 11) is 2.01. The molecule has 4 aromatic rings. The van der Waals surface area contributed by atoms with Crippen molar-refractivity contribution in [3.05, 3.63) is 77.9 Å². The Kier molecular flexibility index (Phi) is 11.3. The van der Waals surface area contributed by atoms with E-state index in [0.717, 1.165) is 44.9 Å². The lowest BCUT2D eigenvalue weighted by atomic mass is 9.87. The number of hydrogen-bond acceptors (Lipinski definition) is 7. The topological polar surface area (TPSA) is 78.3 Å². The number of benzene rings is 3. The smallest absolute Gasteiger partial charge is 0.308 e. The van der Waals surface area contributed by atoms with Gasteiger partial charge in [-0.2, -0.15) is 0 Å². The Bertz CT molecular complexity index is 1470. The Balaban J connectivity index is 1.47. The number of carbonyl (C=O) groups is 1. The van der Waals surface area contributed by atoms with Crippen LogP contribution in [0.5, 0.6) is 11.5 Å². The van der Waals surface area contributed by atoms with Gasteiger partial charge < -0.3 is 19.4 Å². The van der Waals surface area contributed by atoms with Gasteiger partial charge >= 0.3 is 5.97 Å². The largest absolute Gasteiger partial charge is 0.493 e. The summed E-state index contributed by atoms with van der Waals surface area (Å²) < 4.78 is 13.5. The molecule has 1 aromatic heterocycles. The van der Waals surface area contributed by atoms with E-state index in [0.29, 0.717) is 18.9 Å². The summed E-state index contributed by atoms with van der Waals surface area (Å²) in [4.78, 5) is 12.3. The van der Waals surface area contributed by atoms with Crippen molar-refractivity contribution >= 4 is 23.4 Å². The molecule has 7 nitrogen and oxygen atoms in total. The van der Waals surface area contributed by atoms with Crippen LogP contribution >= 0.6 is 11.8 Å². The highest BCUT2D eigenvalue weighted by Crippen LogP contribution is 2.34. The maximum atomic E-state index is 11.2. The molecular weight excluding hydrogens is 556 g/mol. The van der Waals surface area contributed by atoms with Crippen LogP contribution in [0.3, 0.4) is 0 Å². The van der Waals surface area contributed by atoms with Crippen LogP contribution in [0.1, 0.15) is 77.8 Å². The molecule has 8 heteroatoms. The summed E-state index contributed by atoms with van der Waals surface area (Å²) in [6, 6.07) is 22.3. The number of ether oxygens (including phenoxy) is 2. The molecule has 228 valence electrons. The molecule has 0 unspecified atom stereocenters. The molecule has 0 bridgehead atoms. The lowest BCUT2D eigenvalue weighted by molar-refractivity contribution is -0.131. The molecule has 0 saturated carbocycles. The van der Waals surface area contributed by atoms with Crippen molar-refractivity contribution in [1.29, 1.82) is 0 Å². The van der Waals surface area contributed by atoms with Gasteiger partial charge in [-0.1, -0.05) is 83.7 Å². The first kappa shape index (κ1) is 32.1. The molecule has 0 amide bonds. The summed E-state index contributed by atoms with van der Waals surface area (Å²) in [5.41, 5.74) is 4.44. The minimum absolute atomic E-state index is 0.103. The number of nitrogens with zero attached hydrogens (tertiary/aromatic N) is 3. The van der Waals surface area contributed by atoms with Crippen molar-refractivity contribution in [2.45, 2.75) is 88.7 Å². The van der Waals surface area contributed by atoms with E-state index >= 15 is 0 Å². The molecular formula is C35H44N4O3S. The van der Waals surface area contributed by atoms with Crippen LogP contribution in [-0.4, -0.2) is 27.3 Å². The van der Waals surface area contributed by atoms with Crippen molar-refractivity contribution in [3.63, 3.8) is 0 Å². The molecule has 4 rings (SSSR count). The maximum Gasteiger partial charge on any atom is 0.308 e. The minimum Gasteiger partial charge on any atom is -0.493 e. The van der Waals surface area contributed by atoms with Crippen LogP contribution in [-0.2, 0) is 23.8 Å². The molecule has 0 radical (unpaired) electrons. The molecule has 0 aliphatic carbocycles. The Morgan fingerprint density at radius 2 is 1.65 bits per heavy atom. The van der Waals surface area contributed by atoms with Gasteiger partial charge in [-0.25, -0.2) is 0 Å². The quantitative estimate of drug-likeness (QED) is 0.0880. The van der Waals surface area contributed by atoms with Crippen LogP contribution in [0.15, 0.2) is 76.8 Å². The summed E-state index contributed by atoms with van der Waals surface area (Å²) in [6.07, 6.45) is 5.92. The monoisotopic (exact) mass is 600 g/mol. The Labute approximate surface area is 260 Å². The van der Waals surface area contributed by atoms with Crippen LogP contribution < -0.4 is 14.8 Å². The molecule has 0 aliphatic rings. The first-order valence-corrected chi connectivity index (χ1v) is 15.9. The van der Waals surface area contributed by atoms with Gasteiger partial charge in [-0.3, -0.25) is 4.79 Å². The number of esters is 1. The zero-order valence-corrected chi connectivity index (χ0v) is 27.1. The number of aromatic nitrogens is 3. The highest BCUT2D eigenvalue weighted by molar-refractivity contribution is 7.99. The number of unbranched alkanes of at least 4 members (excludes halogenated alkanes) is 4. The average Bonchev–Trinajstić information content (AvgIpc) is 3.34. The van der Waals surface area contributed by atoms with Crippen LogP contribution in [0, 0.1) is 0 Å². The van der Waals surface area contributed by atoms with Gasteiger partial charge in [0.1, 0.15) is 11.5 Å². The highest BCUT2D eigenvalue weighted by atomic mass is 32.2. The third-order valence-corrected chi connectivity index (χ3v) is 8.22. The lowest BCUT2D eigenvalue weighted by Crippen LogP contribution is -2.10. The number of nitrogens with one attached hydrogen (secondary N) is 1. The van der Waals surface area contributed by atoms with Gasteiger partial charge in [0.05, 0.1) is 6.61 Å². The van der Waals surface area contributed by atoms with E-state index in [1.165, 1.54) is 38.2 Å². The number of carbonyl (C=O) groups excluding carboxylic acids is 1. The normalized spacial score (nSPS) is 11.4. The van der Waals surface area contributed by atoms with Crippen molar-refractivity contribution in [3.8, 4) is 22.9 Å². The number of hydrogen-bond donors (Lipinski definition) is 1. The average molecular weight is 601 g/mol. The van der Waals surface area contributed by atoms with Gasteiger partial charge in [-0.05, 0) is 65.6 Å².